The zero-order chi connectivity index (χ0) is 23.2. The van der Waals surface area contributed by atoms with E-state index in [1.54, 1.807) is 35.0 Å². The van der Waals surface area contributed by atoms with Gasteiger partial charge in [-0.25, -0.2) is 8.42 Å². The van der Waals surface area contributed by atoms with Gasteiger partial charge in [-0.3, -0.25) is 9.48 Å². The molecular weight excluding hydrogens is 436 g/mol. The second-order valence-electron chi connectivity index (χ2n) is 7.65. The second-order valence-corrected chi connectivity index (χ2v) is 9.95. The molecule has 0 aliphatic heterocycles. The smallest absolute Gasteiger partial charge is 0.244 e. The standard InChI is InChI=1S/C22H31ClN4O3S/c1-6-26(7-2)31(29,30)19-10-8-18(9-11-19)14-24-21(28)13-12-20-17(5)25-27(22(20)23)15-16(3)4/h8-13,16H,6-7,14-15H2,1-5H3,(H,24,28)/b13-12+. The number of hydrogen-bond donors (Lipinski definition) is 1. The summed E-state index contributed by atoms with van der Waals surface area (Å²) in [6, 6.07) is 6.54. The monoisotopic (exact) mass is 466 g/mol. The van der Waals surface area contributed by atoms with Crippen LogP contribution >= 0.6 is 11.6 Å². The van der Waals surface area contributed by atoms with Gasteiger partial charge in [-0.2, -0.15) is 9.40 Å². The zero-order valence-electron chi connectivity index (χ0n) is 18.7. The summed E-state index contributed by atoms with van der Waals surface area (Å²) in [4.78, 5) is 12.5. The van der Waals surface area contributed by atoms with Crippen molar-refractivity contribution in [2.24, 2.45) is 5.92 Å². The second kappa shape index (κ2) is 10.9. The normalized spacial score (nSPS) is 12.3. The van der Waals surface area contributed by atoms with Crippen molar-refractivity contribution in [2.75, 3.05) is 13.1 Å². The van der Waals surface area contributed by atoms with Gasteiger partial charge in [0.25, 0.3) is 0 Å². The predicted molar refractivity (Wildman–Crippen MR) is 124 cm³/mol. The lowest BCUT2D eigenvalue weighted by Crippen LogP contribution is -2.30. The highest BCUT2D eigenvalue weighted by molar-refractivity contribution is 7.89. The Balaban J connectivity index is 2.00. The van der Waals surface area contributed by atoms with Crippen LogP contribution in [0.4, 0.5) is 0 Å². The molecule has 0 saturated heterocycles. The lowest BCUT2D eigenvalue weighted by atomic mass is 10.2. The van der Waals surface area contributed by atoms with Crippen LogP contribution in [-0.2, 0) is 27.9 Å². The number of sulfonamides is 1. The summed E-state index contributed by atoms with van der Waals surface area (Å²) in [5.41, 5.74) is 2.29. The minimum absolute atomic E-state index is 0.245. The molecule has 0 saturated carbocycles. The van der Waals surface area contributed by atoms with Gasteiger partial charge in [0.1, 0.15) is 5.15 Å². The van der Waals surface area contributed by atoms with Crippen molar-refractivity contribution >= 4 is 33.6 Å². The Bertz CT molecular complexity index is 1020. The largest absolute Gasteiger partial charge is 0.348 e. The number of aryl methyl sites for hydroxylation is 1. The summed E-state index contributed by atoms with van der Waals surface area (Å²) in [7, 11) is -3.49. The first-order chi connectivity index (χ1) is 14.6. The molecule has 0 spiro atoms. The van der Waals surface area contributed by atoms with E-state index in [9.17, 15) is 13.2 Å². The van der Waals surface area contributed by atoms with Crippen molar-refractivity contribution in [1.82, 2.24) is 19.4 Å². The Labute approximate surface area is 190 Å². The average molecular weight is 467 g/mol. The molecule has 7 nitrogen and oxygen atoms in total. The van der Waals surface area contributed by atoms with Crippen LogP contribution in [0.1, 0.15) is 44.5 Å². The van der Waals surface area contributed by atoms with E-state index in [-0.39, 0.29) is 17.3 Å². The van der Waals surface area contributed by atoms with Gasteiger partial charge < -0.3 is 5.32 Å². The van der Waals surface area contributed by atoms with E-state index in [2.05, 4.69) is 24.3 Å². The third-order valence-corrected chi connectivity index (χ3v) is 7.24. The van der Waals surface area contributed by atoms with Crippen molar-refractivity contribution in [1.29, 1.82) is 0 Å². The third kappa shape index (κ3) is 6.41. The number of benzene rings is 1. The molecule has 1 N–H and O–H groups in total. The summed E-state index contributed by atoms with van der Waals surface area (Å²) >= 11 is 6.39. The molecular formula is C22H31ClN4O3S. The minimum Gasteiger partial charge on any atom is -0.348 e. The number of hydrogen-bond acceptors (Lipinski definition) is 4. The molecule has 1 amide bonds. The molecule has 31 heavy (non-hydrogen) atoms. The summed E-state index contributed by atoms with van der Waals surface area (Å²) in [5, 5.41) is 7.73. The lowest BCUT2D eigenvalue weighted by Gasteiger charge is -2.18. The number of carbonyl (C=O) groups excluding carboxylic acids is 1. The van der Waals surface area contributed by atoms with E-state index in [0.29, 0.717) is 30.7 Å². The molecule has 170 valence electrons. The van der Waals surface area contributed by atoms with E-state index in [1.165, 1.54) is 10.4 Å². The van der Waals surface area contributed by atoms with Crippen LogP contribution in [-0.4, -0.2) is 41.5 Å². The molecule has 0 fully saturated rings. The Kier molecular flexibility index (Phi) is 8.85. The van der Waals surface area contributed by atoms with Crippen molar-refractivity contribution in [3.8, 4) is 0 Å². The van der Waals surface area contributed by atoms with Crippen molar-refractivity contribution in [3.63, 3.8) is 0 Å². The van der Waals surface area contributed by atoms with Crippen LogP contribution in [0.2, 0.25) is 5.15 Å². The summed E-state index contributed by atoms with van der Waals surface area (Å²) < 4.78 is 28.2. The number of nitrogens with zero attached hydrogens (tertiary/aromatic N) is 3. The highest BCUT2D eigenvalue weighted by atomic mass is 35.5. The first kappa shape index (κ1) is 25.1. The van der Waals surface area contributed by atoms with E-state index < -0.39 is 10.0 Å². The third-order valence-electron chi connectivity index (χ3n) is 4.78. The summed E-state index contributed by atoms with van der Waals surface area (Å²) in [6.45, 7) is 11.5. The van der Waals surface area contributed by atoms with Crippen LogP contribution in [0.25, 0.3) is 6.08 Å². The molecule has 1 heterocycles. The quantitative estimate of drug-likeness (QED) is 0.539. The fourth-order valence-corrected chi connectivity index (χ4v) is 4.89. The van der Waals surface area contributed by atoms with Gasteiger partial charge in [0.15, 0.2) is 0 Å². The van der Waals surface area contributed by atoms with Crippen LogP contribution in [0.5, 0.6) is 0 Å². The number of aromatic nitrogens is 2. The van der Waals surface area contributed by atoms with Crippen LogP contribution < -0.4 is 5.32 Å². The molecule has 0 radical (unpaired) electrons. The first-order valence-corrected chi connectivity index (χ1v) is 12.2. The maximum Gasteiger partial charge on any atom is 0.244 e. The fourth-order valence-electron chi connectivity index (χ4n) is 3.12. The molecule has 1 aromatic carbocycles. The average Bonchev–Trinajstić information content (AvgIpc) is 2.98. The lowest BCUT2D eigenvalue weighted by molar-refractivity contribution is -0.116. The van der Waals surface area contributed by atoms with Crippen molar-refractivity contribution < 1.29 is 13.2 Å². The molecule has 2 rings (SSSR count). The van der Waals surface area contributed by atoms with Crippen LogP contribution in [0.3, 0.4) is 0 Å². The molecule has 1 aromatic heterocycles. The van der Waals surface area contributed by atoms with Gasteiger partial charge in [0.2, 0.25) is 15.9 Å². The number of halogens is 1. The number of amides is 1. The number of carbonyl (C=O) groups is 1. The zero-order valence-corrected chi connectivity index (χ0v) is 20.3. The number of rotatable bonds is 10. The Morgan fingerprint density at radius 1 is 1.23 bits per heavy atom. The molecule has 2 aromatic rings. The topological polar surface area (TPSA) is 84.3 Å². The molecule has 0 unspecified atom stereocenters. The van der Waals surface area contributed by atoms with Crippen LogP contribution in [0.15, 0.2) is 35.2 Å². The minimum atomic E-state index is -3.49. The van der Waals surface area contributed by atoms with E-state index >= 15 is 0 Å². The Morgan fingerprint density at radius 3 is 2.39 bits per heavy atom. The molecule has 0 bridgehead atoms. The SMILES string of the molecule is CCN(CC)S(=O)(=O)c1ccc(CNC(=O)/C=C/c2c(C)nn(CC(C)C)c2Cl)cc1. The van der Waals surface area contributed by atoms with Crippen molar-refractivity contribution in [2.45, 2.75) is 52.6 Å². The van der Waals surface area contributed by atoms with E-state index in [4.69, 9.17) is 11.6 Å². The highest BCUT2D eigenvalue weighted by Gasteiger charge is 2.21. The number of nitrogens with one attached hydrogen (secondary N) is 1. The van der Waals surface area contributed by atoms with Gasteiger partial charge >= 0.3 is 0 Å². The van der Waals surface area contributed by atoms with Crippen LogP contribution in [0, 0.1) is 12.8 Å². The van der Waals surface area contributed by atoms with Gasteiger partial charge in [0, 0.05) is 37.8 Å². The van der Waals surface area contributed by atoms with Gasteiger partial charge in [0.05, 0.1) is 10.6 Å². The van der Waals surface area contributed by atoms with Gasteiger partial charge in [-0.05, 0) is 36.6 Å². The summed E-state index contributed by atoms with van der Waals surface area (Å²) in [5.74, 6) is 0.136. The molecule has 0 atom stereocenters. The molecule has 0 aliphatic rings. The van der Waals surface area contributed by atoms with Crippen molar-refractivity contribution in [3.05, 3.63) is 52.3 Å². The maximum atomic E-state index is 12.5. The fraction of sp³-hybridized carbons (Fsp3) is 0.455. The van der Waals surface area contributed by atoms with E-state index in [0.717, 1.165) is 16.8 Å². The van der Waals surface area contributed by atoms with Gasteiger partial charge in [-0.15, -0.1) is 0 Å². The van der Waals surface area contributed by atoms with Gasteiger partial charge in [-0.1, -0.05) is 51.4 Å². The molecule has 9 heteroatoms. The predicted octanol–water partition coefficient (Wildman–Crippen LogP) is 3.86. The van der Waals surface area contributed by atoms with E-state index in [1.807, 2.05) is 20.8 Å². The summed E-state index contributed by atoms with van der Waals surface area (Å²) in [6.07, 6.45) is 3.09. The Morgan fingerprint density at radius 2 is 1.84 bits per heavy atom. The highest BCUT2D eigenvalue weighted by Crippen LogP contribution is 2.22. The molecule has 0 aliphatic carbocycles. The maximum absolute atomic E-state index is 12.5. The first-order valence-electron chi connectivity index (χ1n) is 10.4. The Hall–Kier alpha value is -2.16.